The molecule has 8 atom stereocenters. The number of hydrogen-bond donors (Lipinski definition) is 7. The molecule has 1 fully saturated rings. The summed E-state index contributed by atoms with van der Waals surface area (Å²) >= 11 is 0. The Labute approximate surface area is 363 Å². The van der Waals surface area contributed by atoms with Crippen molar-refractivity contribution in [1.82, 2.24) is 5.32 Å². The fourth-order valence-electron chi connectivity index (χ4n) is 7.26. The quantitative estimate of drug-likeness (QED) is 0.0178. The largest absolute Gasteiger partial charge is 0.397 e. The molecule has 352 valence electrons. The van der Waals surface area contributed by atoms with Crippen LogP contribution in [0.1, 0.15) is 187 Å². The Bertz CT molecular complexity index is 1230. The van der Waals surface area contributed by atoms with Gasteiger partial charge in [-0.2, -0.15) is 8.42 Å². The van der Waals surface area contributed by atoms with E-state index in [4.69, 9.17) is 9.47 Å². The fraction of sp³-hybridized carbons (Fsp3) is 0.848. The third-order valence-electron chi connectivity index (χ3n) is 11.0. The molecule has 1 heterocycles. The monoisotopic (exact) mass is 876 g/mol. The van der Waals surface area contributed by atoms with E-state index in [1.54, 1.807) is 6.08 Å². The van der Waals surface area contributed by atoms with Gasteiger partial charge < -0.3 is 40.3 Å². The lowest BCUT2D eigenvalue weighted by Crippen LogP contribution is -2.61. The summed E-state index contributed by atoms with van der Waals surface area (Å²) in [4.78, 5) is 13.1. The van der Waals surface area contributed by atoms with Gasteiger partial charge in [0.1, 0.15) is 30.5 Å². The minimum absolute atomic E-state index is 0.235. The van der Waals surface area contributed by atoms with Crippen molar-refractivity contribution in [2.75, 3.05) is 13.2 Å². The summed E-state index contributed by atoms with van der Waals surface area (Å²) in [5.41, 5.74) is 0. The number of aliphatic hydroxyl groups is 5. The zero-order valence-electron chi connectivity index (χ0n) is 37.1. The molecule has 0 aromatic carbocycles. The standard InChI is InChI=1S/C46H85NO12S/c1-3-5-7-9-11-13-15-16-17-18-19-20-21-22-23-25-26-28-30-32-34-39(49)38(37-57-46-43(52)44(59-60(54,55)56)42(51)41(36-48)58-46)47-45(53)40(50)35-33-31-29-27-24-14-12-10-8-6-4-2/h20-21,25-26,32,34,38-44,46,48-52H,3-19,22-24,27-31,33,35-37H2,1-2H3,(H,47,53)(H,54,55,56)/b21-20+,26-25+,34-32+. The number of hydrogen-bond acceptors (Lipinski definition) is 11. The van der Waals surface area contributed by atoms with Gasteiger partial charge in [0.05, 0.1) is 25.4 Å². The van der Waals surface area contributed by atoms with Crippen LogP contribution in [0.15, 0.2) is 36.5 Å². The van der Waals surface area contributed by atoms with Gasteiger partial charge in [-0.3, -0.25) is 9.35 Å². The number of allylic oxidation sites excluding steroid dienone is 5. The van der Waals surface area contributed by atoms with Crippen molar-refractivity contribution in [2.45, 2.75) is 236 Å². The first kappa shape index (κ1) is 56.3. The highest BCUT2D eigenvalue weighted by molar-refractivity contribution is 7.80. The predicted molar refractivity (Wildman–Crippen MR) is 238 cm³/mol. The van der Waals surface area contributed by atoms with Gasteiger partial charge in [-0.05, 0) is 44.9 Å². The van der Waals surface area contributed by atoms with Gasteiger partial charge in [-0.15, -0.1) is 0 Å². The molecule has 8 unspecified atom stereocenters. The van der Waals surface area contributed by atoms with E-state index < -0.39 is 78.5 Å². The average Bonchev–Trinajstić information content (AvgIpc) is 3.22. The molecule has 0 aromatic heterocycles. The van der Waals surface area contributed by atoms with Gasteiger partial charge in [0, 0.05) is 0 Å². The van der Waals surface area contributed by atoms with Crippen LogP contribution in [0.3, 0.4) is 0 Å². The maximum atomic E-state index is 13.1. The second-order valence-electron chi connectivity index (χ2n) is 16.5. The van der Waals surface area contributed by atoms with E-state index in [0.717, 1.165) is 44.9 Å². The van der Waals surface area contributed by atoms with E-state index in [1.807, 2.05) is 0 Å². The number of aliphatic hydroxyl groups excluding tert-OH is 5. The SMILES string of the molecule is CCCCCCCCCCCC/C=C/CC/C=C/CC/C=C/C(O)C(COC1OC(CO)C(O)C(OS(=O)(=O)O)C1O)NC(=O)C(O)CCCCCCCCCCCCC. The Hall–Kier alpha value is -1.72. The van der Waals surface area contributed by atoms with E-state index in [1.165, 1.54) is 115 Å². The van der Waals surface area contributed by atoms with E-state index in [0.29, 0.717) is 12.8 Å². The second kappa shape index (κ2) is 36.7. The van der Waals surface area contributed by atoms with Crippen LogP contribution >= 0.6 is 0 Å². The van der Waals surface area contributed by atoms with Crippen LogP contribution in [0, 0.1) is 0 Å². The first-order valence-electron chi connectivity index (χ1n) is 23.5. The third-order valence-corrected chi connectivity index (χ3v) is 11.5. The summed E-state index contributed by atoms with van der Waals surface area (Å²) in [7, 11) is -5.12. The molecule has 60 heavy (non-hydrogen) atoms. The van der Waals surface area contributed by atoms with E-state index in [9.17, 15) is 43.3 Å². The summed E-state index contributed by atoms with van der Waals surface area (Å²) in [6.07, 6.45) is 30.9. The summed E-state index contributed by atoms with van der Waals surface area (Å²) in [5.74, 6) is -0.718. The van der Waals surface area contributed by atoms with Gasteiger partial charge in [-0.25, -0.2) is 4.18 Å². The Balaban J connectivity index is 2.61. The zero-order valence-corrected chi connectivity index (χ0v) is 37.9. The highest BCUT2D eigenvalue weighted by Gasteiger charge is 2.48. The zero-order chi connectivity index (χ0) is 44.3. The Morgan fingerprint density at radius 1 is 0.667 bits per heavy atom. The van der Waals surface area contributed by atoms with Gasteiger partial charge in [0.25, 0.3) is 0 Å². The van der Waals surface area contributed by atoms with Crippen molar-refractivity contribution in [2.24, 2.45) is 0 Å². The maximum absolute atomic E-state index is 13.1. The smallest absolute Gasteiger partial charge is 0.394 e. The van der Waals surface area contributed by atoms with Crippen LogP contribution in [0.4, 0.5) is 0 Å². The minimum Gasteiger partial charge on any atom is -0.394 e. The van der Waals surface area contributed by atoms with Crippen LogP contribution in [-0.2, 0) is 28.9 Å². The van der Waals surface area contributed by atoms with Crippen molar-refractivity contribution >= 4 is 16.3 Å². The van der Waals surface area contributed by atoms with Gasteiger partial charge in [0.2, 0.25) is 5.91 Å². The Morgan fingerprint density at radius 2 is 1.12 bits per heavy atom. The highest BCUT2D eigenvalue weighted by atomic mass is 32.3. The molecule has 1 saturated heterocycles. The predicted octanol–water partition coefficient (Wildman–Crippen LogP) is 8.08. The number of carbonyl (C=O) groups excluding carboxylic acids is 1. The molecule has 0 bridgehead atoms. The van der Waals surface area contributed by atoms with Crippen LogP contribution in [-0.4, -0.2) is 107 Å². The molecular weight excluding hydrogens is 791 g/mol. The minimum atomic E-state index is -5.12. The van der Waals surface area contributed by atoms with Gasteiger partial charge >= 0.3 is 10.4 Å². The molecule has 0 spiro atoms. The van der Waals surface area contributed by atoms with Crippen LogP contribution < -0.4 is 5.32 Å². The molecule has 0 saturated carbocycles. The van der Waals surface area contributed by atoms with Crippen molar-refractivity contribution in [3.63, 3.8) is 0 Å². The van der Waals surface area contributed by atoms with E-state index in [-0.39, 0.29) is 6.42 Å². The number of nitrogens with one attached hydrogen (secondary N) is 1. The lowest BCUT2D eigenvalue weighted by atomic mass is 9.99. The number of rotatable bonds is 39. The number of carbonyl (C=O) groups is 1. The van der Waals surface area contributed by atoms with Crippen molar-refractivity contribution < 1.29 is 57.0 Å². The Morgan fingerprint density at radius 3 is 1.60 bits per heavy atom. The maximum Gasteiger partial charge on any atom is 0.397 e. The van der Waals surface area contributed by atoms with Crippen molar-refractivity contribution in [3.8, 4) is 0 Å². The van der Waals surface area contributed by atoms with Crippen LogP contribution in [0.2, 0.25) is 0 Å². The van der Waals surface area contributed by atoms with Crippen LogP contribution in [0.25, 0.3) is 0 Å². The molecule has 1 aliphatic heterocycles. The molecule has 0 radical (unpaired) electrons. The number of unbranched alkanes of at least 4 members (excludes halogenated alkanes) is 22. The molecule has 0 aromatic rings. The lowest BCUT2D eigenvalue weighted by Gasteiger charge is -2.41. The van der Waals surface area contributed by atoms with Gasteiger partial charge in [-0.1, -0.05) is 179 Å². The highest BCUT2D eigenvalue weighted by Crippen LogP contribution is 2.26. The van der Waals surface area contributed by atoms with Crippen molar-refractivity contribution in [3.05, 3.63) is 36.5 Å². The second-order valence-corrected chi connectivity index (χ2v) is 17.5. The first-order valence-corrected chi connectivity index (χ1v) is 24.8. The summed E-state index contributed by atoms with van der Waals surface area (Å²) in [6.45, 7) is 3.17. The van der Waals surface area contributed by atoms with E-state index >= 15 is 0 Å². The lowest BCUT2D eigenvalue weighted by molar-refractivity contribution is -0.298. The summed E-state index contributed by atoms with van der Waals surface area (Å²) in [5, 5.41) is 55.1. The Kier molecular flexibility index (Phi) is 34.5. The number of ether oxygens (including phenoxy) is 2. The summed E-state index contributed by atoms with van der Waals surface area (Å²) in [6, 6.07) is -1.14. The fourth-order valence-corrected chi connectivity index (χ4v) is 7.77. The molecule has 13 nitrogen and oxygen atoms in total. The molecule has 1 rings (SSSR count). The molecular formula is C46H85NO12S. The van der Waals surface area contributed by atoms with Crippen molar-refractivity contribution in [1.29, 1.82) is 0 Å². The number of amides is 1. The van der Waals surface area contributed by atoms with Crippen LogP contribution in [0.5, 0.6) is 0 Å². The summed E-state index contributed by atoms with van der Waals surface area (Å²) < 4.78 is 47.4. The molecule has 1 amide bonds. The molecule has 1 aliphatic rings. The molecule has 14 heteroatoms. The normalized spacial score (nSPS) is 21.6. The molecule has 7 N–H and O–H groups in total. The van der Waals surface area contributed by atoms with E-state index in [2.05, 4.69) is 47.7 Å². The molecule has 0 aliphatic carbocycles. The topological polar surface area (TPSA) is 212 Å². The average molecular weight is 876 g/mol. The first-order chi connectivity index (χ1) is 28.9. The van der Waals surface area contributed by atoms with Gasteiger partial charge in [0.15, 0.2) is 6.29 Å². The third kappa shape index (κ3) is 28.8.